The number of aromatic nitrogens is 1. The SMILES string of the molecule is CCNC(COC)CN(C)Cc1ccncc1. The molecule has 1 unspecified atom stereocenters. The van der Waals surface area contributed by atoms with E-state index in [1.807, 2.05) is 12.4 Å². The Hall–Kier alpha value is -0.970. The highest BCUT2D eigenvalue weighted by molar-refractivity contribution is 5.09. The summed E-state index contributed by atoms with van der Waals surface area (Å²) in [4.78, 5) is 6.31. The van der Waals surface area contributed by atoms with Crippen molar-refractivity contribution >= 4 is 0 Å². The van der Waals surface area contributed by atoms with Gasteiger partial charge in [-0.05, 0) is 31.3 Å². The minimum Gasteiger partial charge on any atom is -0.383 e. The molecule has 1 rings (SSSR count). The molecule has 0 aliphatic rings. The van der Waals surface area contributed by atoms with Crippen molar-refractivity contribution in [2.75, 3.05) is 33.9 Å². The summed E-state index contributed by atoms with van der Waals surface area (Å²) in [6, 6.07) is 4.49. The normalized spacial score (nSPS) is 12.9. The van der Waals surface area contributed by atoms with Crippen LogP contribution in [0.4, 0.5) is 0 Å². The summed E-state index contributed by atoms with van der Waals surface area (Å²) in [6.07, 6.45) is 3.67. The third-order valence-corrected chi connectivity index (χ3v) is 2.59. The lowest BCUT2D eigenvalue weighted by atomic mass is 10.2. The van der Waals surface area contributed by atoms with E-state index in [1.165, 1.54) is 5.56 Å². The Balaban J connectivity index is 2.38. The molecule has 0 aromatic carbocycles. The molecule has 0 aliphatic carbocycles. The standard InChI is InChI=1S/C13H23N3O/c1-4-15-13(11-17-3)10-16(2)9-12-5-7-14-8-6-12/h5-8,13,15H,4,9-11H2,1-3H3. The van der Waals surface area contributed by atoms with Crippen molar-refractivity contribution in [1.29, 1.82) is 0 Å². The first-order valence-electron chi connectivity index (χ1n) is 6.06. The van der Waals surface area contributed by atoms with Gasteiger partial charge in [-0.3, -0.25) is 4.98 Å². The van der Waals surface area contributed by atoms with E-state index in [-0.39, 0.29) is 0 Å². The molecule has 0 bridgehead atoms. The van der Waals surface area contributed by atoms with Crippen LogP contribution in [0.15, 0.2) is 24.5 Å². The Bertz CT molecular complexity index is 286. The Morgan fingerprint density at radius 3 is 2.71 bits per heavy atom. The van der Waals surface area contributed by atoms with Crippen molar-refractivity contribution in [3.05, 3.63) is 30.1 Å². The molecule has 1 heterocycles. The molecule has 0 fully saturated rings. The lowest BCUT2D eigenvalue weighted by molar-refractivity contribution is 0.145. The first kappa shape index (κ1) is 14.1. The van der Waals surface area contributed by atoms with E-state index >= 15 is 0 Å². The van der Waals surface area contributed by atoms with E-state index < -0.39 is 0 Å². The van der Waals surface area contributed by atoms with Gasteiger partial charge in [0.15, 0.2) is 0 Å². The number of hydrogen-bond acceptors (Lipinski definition) is 4. The molecule has 0 aliphatic heterocycles. The Morgan fingerprint density at radius 1 is 1.41 bits per heavy atom. The van der Waals surface area contributed by atoms with Crippen molar-refractivity contribution in [3.8, 4) is 0 Å². The maximum atomic E-state index is 5.21. The third kappa shape index (κ3) is 5.77. The summed E-state index contributed by atoms with van der Waals surface area (Å²) in [6.45, 7) is 5.75. The van der Waals surface area contributed by atoms with Crippen LogP contribution in [0.3, 0.4) is 0 Å². The van der Waals surface area contributed by atoms with Gasteiger partial charge in [0.2, 0.25) is 0 Å². The lowest BCUT2D eigenvalue weighted by Gasteiger charge is -2.24. The predicted molar refractivity (Wildman–Crippen MR) is 69.9 cm³/mol. The molecule has 1 N–H and O–H groups in total. The van der Waals surface area contributed by atoms with E-state index in [1.54, 1.807) is 7.11 Å². The molecule has 0 spiro atoms. The van der Waals surface area contributed by atoms with Crippen molar-refractivity contribution in [3.63, 3.8) is 0 Å². The van der Waals surface area contributed by atoms with Crippen LogP contribution in [0.1, 0.15) is 12.5 Å². The number of methoxy groups -OCH3 is 1. The highest BCUT2D eigenvalue weighted by atomic mass is 16.5. The second kappa shape index (κ2) is 8.17. The second-order valence-electron chi connectivity index (χ2n) is 4.26. The van der Waals surface area contributed by atoms with Crippen molar-refractivity contribution in [1.82, 2.24) is 15.2 Å². The number of nitrogens with zero attached hydrogens (tertiary/aromatic N) is 2. The molecule has 17 heavy (non-hydrogen) atoms. The Labute approximate surface area is 104 Å². The van der Waals surface area contributed by atoms with Crippen LogP contribution in [0, 0.1) is 0 Å². The zero-order chi connectivity index (χ0) is 12.5. The van der Waals surface area contributed by atoms with E-state index in [0.29, 0.717) is 6.04 Å². The third-order valence-electron chi connectivity index (χ3n) is 2.59. The summed E-state index contributed by atoms with van der Waals surface area (Å²) >= 11 is 0. The molecular formula is C13H23N3O. The summed E-state index contributed by atoms with van der Waals surface area (Å²) in [5, 5.41) is 3.42. The maximum absolute atomic E-state index is 5.21. The number of rotatable bonds is 8. The highest BCUT2D eigenvalue weighted by Gasteiger charge is 2.10. The van der Waals surface area contributed by atoms with Crippen molar-refractivity contribution < 1.29 is 4.74 Å². The predicted octanol–water partition coefficient (Wildman–Crippen LogP) is 1.14. The van der Waals surface area contributed by atoms with Gasteiger partial charge in [-0.1, -0.05) is 6.92 Å². The van der Waals surface area contributed by atoms with Gasteiger partial charge in [-0.25, -0.2) is 0 Å². The fourth-order valence-electron chi connectivity index (χ4n) is 1.91. The first-order valence-corrected chi connectivity index (χ1v) is 6.06. The molecular weight excluding hydrogens is 214 g/mol. The van der Waals surface area contributed by atoms with Gasteiger partial charge < -0.3 is 15.0 Å². The smallest absolute Gasteiger partial charge is 0.0628 e. The highest BCUT2D eigenvalue weighted by Crippen LogP contribution is 2.02. The average molecular weight is 237 g/mol. The molecule has 1 aromatic rings. The summed E-state index contributed by atoms with van der Waals surface area (Å²) in [7, 11) is 3.87. The zero-order valence-corrected chi connectivity index (χ0v) is 11.0. The zero-order valence-electron chi connectivity index (χ0n) is 11.0. The van der Waals surface area contributed by atoms with Crippen LogP contribution in [-0.2, 0) is 11.3 Å². The lowest BCUT2D eigenvalue weighted by Crippen LogP contribution is -2.42. The van der Waals surface area contributed by atoms with E-state index in [2.05, 4.69) is 41.3 Å². The molecule has 0 amide bonds. The van der Waals surface area contributed by atoms with E-state index in [4.69, 9.17) is 4.74 Å². The number of likely N-dealkylation sites (N-methyl/N-ethyl adjacent to an activating group) is 2. The second-order valence-corrected chi connectivity index (χ2v) is 4.26. The minimum atomic E-state index is 0.386. The van der Waals surface area contributed by atoms with Gasteiger partial charge in [0, 0.05) is 38.6 Å². The quantitative estimate of drug-likeness (QED) is 0.735. The van der Waals surface area contributed by atoms with Crippen LogP contribution in [-0.4, -0.2) is 49.8 Å². The molecule has 1 aromatic heterocycles. The van der Waals surface area contributed by atoms with Crippen LogP contribution in [0.5, 0.6) is 0 Å². The topological polar surface area (TPSA) is 37.4 Å². The molecule has 1 atom stereocenters. The minimum absolute atomic E-state index is 0.386. The van der Waals surface area contributed by atoms with Gasteiger partial charge in [-0.2, -0.15) is 0 Å². The molecule has 4 nitrogen and oxygen atoms in total. The summed E-state index contributed by atoms with van der Waals surface area (Å²) in [5.41, 5.74) is 1.29. The van der Waals surface area contributed by atoms with Gasteiger partial charge in [0.05, 0.1) is 6.61 Å². The molecule has 0 radical (unpaired) electrons. The average Bonchev–Trinajstić information content (AvgIpc) is 2.30. The maximum Gasteiger partial charge on any atom is 0.0628 e. The largest absolute Gasteiger partial charge is 0.383 e. The molecule has 0 saturated carbocycles. The molecule has 0 saturated heterocycles. The van der Waals surface area contributed by atoms with Gasteiger partial charge >= 0.3 is 0 Å². The summed E-state index contributed by atoms with van der Waals surface area (Å²) in [5.74, 6) is 0. The van der Waals surface area contributed by atoms with Gasteiger partial charge in [0.25, 0.3) is 0 Å². The number of nitrogens with one attached hydrogen (secondary N) is 1. The monoisotopic (exact) mass is 237 g/mol. The number of pyridine rings is 1. The van der Waals surface area contributed by atoms with Crippen molar-refractivity contribution in [2.24, 2.45) is 0 Å². The van der Waals surface area contributed by atoms with Crippen LogP contribution in [0.25, 0.3) is 0 Å². The van der Waals surface area contributed by atoms with E-state index in [0.717, 1.165) is 26.2 Å². The van der Waals surface area contributed by atoms with Crippen LogP contribution < -0.4 is 5.32 Å². The number of ether oxygens (including phenoxy) is 1. The fourth-order valence-corrected chi connectivity index (χ4v) is 1.91. The van der Waals surface area contributed by atoms with Crippen LogP contribution in [0.2, 0.25) is 0 Å². The first-order chi connectivity index (χ1) is 8.26. The fraction of sp³-hybridized carbons (Fsp3) is 0.615. The van der Waals surface area contributed by atoms with Gasteiger partial charge in [-0.15, -0.1) is 0 Å². The Morgan fingerprint density at radius 2 is 2.12 bits per heavy atom. The van der Waals surface area contributed by atoms with Gasteiger partial charge in [0.1, 0.15) is 0 Å². The Kier molecular flexibility index (Phi) is 6.77. The van der Waals surface area contributed by atoms with Crippen molar-refractivity contribution in [2.45, 2.75) is 19.5 Å². The molecule has 96 valence electrons. The van der Waals surface area contributed by atoms with E-state index in [9.17, 15) is 0 Å². The van der Waals surface area contributed by atoms with Crippen LogP contribution >= 0.6 is 0 Å². The summed E-state index contributed by atoms with van der Waals surface area (Å²) < 4.78 is 5.21. The number of hydrogen-bond donors (Lipinski definition) is 1. The molecule has 4 heteroatoms.